The Morgan fingerprint density at radius 3 is 2.38 bits per heavy atom. The lowest BCUT2D eigenvalue weighted by molar-refractivity contribution is -0.385. The van der Waals surface area contributed by atoms with E-state index in [-0.39, 0.29) is 0 Å². The monoisotopic (exact) mass is 248 g/mol. The molecule has 84 valence electrons. The molecule has 4 nitrogen and oxygen atoms in total. The van der Waals surface area contributed by atoms with Crippen LogP contribution < -0.4 is 0 Å². The zero-order valence-corrected chi connectivity index (χ0v) is 8.34. The van der Waals surface area contributed by atoms with Gasteiger partial charge >= 0.3 is 6.18 Å². The molecule has 0 heterocycles. The lowest BCUT2D eigenvalue weighted by Gasteiger charge is -2.09. The summed E-state index contributed by atoms with van der Waals surface area (Å²) in [7, 11) is 0. The minimum absolute atomic E-state index is 0.350. The van der Waals surface area contributed by atoms with Crippen LogP contribution in [0.4, 0.5) is 18.9 Å². The van der Waals surface area contributed by atoms with Crippen LogP contribution in [0.1, 0.15) is 11.1 Å². The Morgan fingerprint density at radius 2 is 2.00 bits per heavy atom. The Kier molecular flexibility index (Phi) is 3.09. The number of non-ortho nitro benzene ring substituents is 1. The minimum atomic E-state index is -4.78. The topological polar surface area (TPSA) is 66.9 Å². The Balaban J connectivity index is 3.56. The van der Waals surface area contributed by atoms with Crippen molar-refractivity contribution in [1.82, 2.24) is 0 Å². The summed E-state index contributed by atoms with van der Waals surface area (Å²) in [5.41, 5.74) is -2.56. The number of nitro benzene ring substituents is 1. The van der Waals surface area contributed by atoms with Gasteiger partial charge in [-0.25, -0.2) is 0 Å². The highest BCUT2D eigenvalue weighted by Crippen LogP contribution is 2.37. The van der Waals surface area contributed by atoms with Crippen molar-refractivity contribution in [3.63, 3.8) is 0 Å². The number of alkyl halides is 3. The third-order valence-corrected chi connectivity index (χ3v) is 2.21. The molecule has 16 heavy (non-hydrogen) atoms. The van der Waals surface area contributed by atoms with Crippen LogP contribution in [-0.2, 0) is 6.18 Å². The van der Waals surface area contributed by atoms with Gasteiger partial charge in [-0.05, 0) is 0 Å². The molecule has 8 heteroatoms. The number of nitrogens with zero attached hydrogens (tertiary/aromatic N) is 2. The van der Waals surface area contributed by atoms with Crippen LogP contribution >= 0.6 is 12.6 Å². The summed E-state index contributed by atoms with van der Waals surface area (Å²) in [4.78, 5) is 8.76. The molecule has 0 saturated carbocycles. The first kappa shape index (κ1) is 12.3. The molecule has 0 aliphatic rings. The third kappa shape index (κ3) is 2.25. The van der Waals surface area contributed by atoms with Crippen molar-refractivity contribution in [1.29, 1.82) is 5.26 Å². The van der Waals surface area contributed by atoms with E-state index >= 15 is 0 Å². The summed E-state index contributed by atoms with van der Waals surface area (Å²) in [6, 6.07) is 2.52. The maximum atomic E-state index is 12.4. The van der Waals surface area contributed by atoms with Crippen LogP contribution in [0.5, 0.6) is 0 Å². The van der Waals surface area contributed by atoms with Gasteiger partial charge in [0.2, 0.25) is 0 Å². The zero-order chi connectivity index (χ0) is 12.5. The van der Waals surface area contributed by atoms with Crippen molar-refractivity contribution in [3.05, 3.63) is 33.4 Å². The van der Waals surface area contributed by atoms with Gasteiger partial charge in [-0.2, -0.15) is 18.4 Å². The largest absolute Gasteiger partial charge is 0.417 e. The first-order valence-electron chi connectivity index (χ1n) is 3.76. The van der Waals surface area contributed by atoms with E-state index in [0.717, 1.165) is 6.07 Å². The maximum absolute atomic E-state index is 12.4. The van der Waals surface area contributed by atoms with E-state index in [9.17, 15) is 23.3 Å². The summed E-state index contributed by atoms with van der Waals surface area (Å²) < 4.78 is 37.3. The van der Waals surface area contributed by atoms with E-state index in [2.05, 4.69) is 12.6 Å². The van der Waals surface area contributed by atoms with Gasteiger partial charge in [0.15, 0.2) is 0 Å². The van der Waals surface area contributed by atoms with Crippen molar-refractivity contribution in [2.24, 2.45) is 0 Å². The summed E-state index contributed by atoms with van der Waals surface area (Å²) in [5, 5.41) is 18.9. The molecule has 0 fully saturated rings. The fourth-order valence-corrected chi connectivity index (χ4v) is 1.33. The van der Waals surface area contributed by atoms with Crippen molar-refractivity contribution < 1.29 is 18.1 Å². The Labute approximate surface area is 92.9 Å². The average Bonchev–Trinajstić information content (AvgIpc) is 2.15. The van der Waals surface area contributed by atoms with E-state index < -0.39 is 32.8 Å². The van der Waals surface area contributed by atoms with Crippen LogP contribution in [0.25, 0.3) is 0 Å². The standard InChI is InChI=1S/C8H3F3N2O2S/c9-8(10,11)6-2-5(13(14)15)1-4(3-12)7(6)16/h1-2,16H. The Morgan fingerprint density at radius 1 is 1.44 bits per heavy atom. The number of hydrogen-bond donors (Lipinski definition) is 1. The van der Waals surface area contributed by atoms with Gasteiger partial charge in [0.1, 0.15) is 6.07 Å². The predicted molar refractivity (Wildman–Crippen MR) is 50.1 cm³/mol. The number of hydrogen-bond acceptors (Lipinski definition) is 4. The smallest absolute Gasteiger partial charge is 0.258 e. The van der Waals surface area contributed by atoms with Crippen molar-refractivity contribution in [3.8, 4) is 6.07 Å². The molecule has 0 amide bonds. The molecular formula is C8H3F3N2O2S. The van der Waals surface area contributed by atoms with Gasteiger partial charge in [-0.15, -0.1) is 12.6 Å². The molecule has 1 rings (SSSR count). The van der Waals surface area contributed by atoms with Gasteiger partial charge in [-0.1, -0.05) is 0 Å². The summed E-state index contributed by atoms with van der Waals surface area (Å²) in [5.74, 6) is 0. The highest BCUT2D eigenvalue weighted by molar-refractivity contribution is 7.80. The van der Waals surface area contributed by atoms with Gasteiger partial charge in [0.05, 0.1) is 16.1 Å². The molecule has 0 N–H and O–H groups in total. The molecule has 0 aliphatic heterocycles. The molecule has 0 aromatic heterocycles. The van der Waals surface area contributed by atoms with Crippen LogP contribution in [0, 0.1) is 21.4 Å². The van der Waals surface area contributed by atoms with Crippen LogP contribution in [0.15, 0.2) is 17.0 Å². The van der Waals surface area contributed by atoms with Gasteiger partial charge in [0.25, 0.3) is 5.69 Å². The highest BCUT2D eigenvalue weighted by atomic mass is 32.1. The van der Waals surface area contributed by atoms with E-state index in [1.807, 2.05) is 0 Å². The highest BCUT2D eigenvalue weighted by Gasteiger charge is 2.35. The first-order valence-corrected chi connectivity index (χ1v) is 4.20. The van der Waals surface area contributed by atoms with E-state index in [0.29, 0.717) is 6.07 Å². The van der Waals surface area contributed by atoms with E-state index in [1.54, 1.807) is 0 Å². The average molecular weight is 248 g/mol. The fraction of sp³-hybridized carbons (Fsp3) is 0.125. The quantitative estimate of drug-likeness (QED) is 0.472. The molecular weight excluding hydrogens is 245 g/mol. The SMILES string of the molecule is N#Cc1cc([N+](=O)[O-])cc(C(F)(F)F)c1S. The molecule has 0 radical (unpaired) electrons. The lowest BCUT2D eigenvalue weighted by Crippen LogP contribution is -2.08. The Hall–Kier alpha value is -1.75. The summed E-state index contributed by atoms with van der Waals surface area (Å²) in [6.45, 7) is 0. The summed E-state index contributed by atoms with van der Waals surface area (Å²) >= 11 is 3.54. The maximum Gasteiger partial charge on any atom is 0.417 e. The van der Waals surface area contributed by atoms with E-state index in [4.69, 9.17) is 5.26 Å². The fourth-order valence-electron chi connectivity index (χ4n) is 1.03. The second kappa shape index (κ2) is 4.02. The lowest BCUT2D eigenvalue weighted by atomic mass is 10.1. The van der Waals surface area contributed by atoms with Crippen LogP contribution in [-0.4, -0.2) is 4.92 Å². The molecule has 0 atom stereocenters. The predicted octanol–water partition coefficient (Wildman–Crippen LogP) is 2.77. The molecule has 0 unspecified atom stereocenters. The minimum Gasteiger partial charge on any atom is -0.258 e. The number of nitriles is 1. The first-order chi connectivity index (χ1) is 7.27. The van der Waals surface area contributed by atoms with Crippen LogP contribution in [0.3, 0.4) is 0 Å². The molecule has 1 aromatic carbocycles. The zero-order valence-electron chi connectivity index (χ0n) is 7.45. The molecule has 0 spiro atoms. The van der Waals surface area contributed by atoms with Crippen LogP contribution in [0.2, 0.25) is 0 Å². The molecule has 1 aromatic rings. The Bertz CT molecular complexity index is 493. The van der Waals surface area contributed by atoms with Crippen molar-refractivity contribution >= 4 is 18.3 Å². The number of thiol groups is 1. The van der Waals surface area contributed by atoms with E-state index in [1.165, 1.54) is 6.07 Å². The number of halogens is 3. The molecule has 0 aliphatic carbocycles. The van der Waals surface area contributed by atoms with Gasteiger partial charge in [0, 0.05) is 17.0 Å². The normalized spacial score (nSPS) is 10.9. The number of rotatable bonds is 1. The summed E-state index contributed by atoms with van der Waals surface area (Å²) in [6.07, 6.45) is -4.78. The van der Waals surface area contributed by atoms with Gasteiger partial charge < -0.3 is 0 Å². The number of nitro groups is 1. The van der Waals surface area contributed by atoms with Gasteiger partial charge in [-0.3, -0.25) is 10.1 Å². The molecule has 0 saturated heterocycles. The second-order valence-corrected chi connectivity index (χ2v) is 3.20. The molecule has 0 bridgehead atoms. The second-order valence-electron chi connectivity index (χ2n) is 2.76. The third-order valence-electron chi connectivity index (χ3n) is 1.73. The van der Waals surface area contributed by atoms with Crippen molar-refractivity contribution in [2.45, 2.75) is 11.1 Å². The number of benzene rings is 1. The van der Waals surface area contributed by atoms with Crippen molar-refractivity contribution in [2.75, 3.05) is 0 Å².